The Kier molecular flexibility index (Phi) is 4.53. The molecule has 0 aliphatic carbocycles. The van der Waals surface area contributed by atoms with Crippen LogP contribution in [0.4, 0.5) is 0 Å². The van der Waals surface area contributed by atoms with Crippen LogP contribution >= 0.6 is 0 Å². The Bertz CT molecular complexity index is 627. The van der Waals surface area contributed by atoms with Crippen molar-refractivity contribution in [2.75, 3.05) is 13.1 Å². The van der Waals surface area contributed by atoms with Crippen LogP contribution in [0.1, 0.15) is 35.9 Å². The van der Waals surface area contributed by atoms with Gasteiger partial charge in [0, 0.05) is 30.4 Å². The Morgan fingerprint density at radius 3 is 3.23 bits per heavy atom. The fraction of sp³-hybridized carbons (Fsp3) is 0.533. The Hall–Kier alpha value is -2.15. The van der Waals surface area contributed by atoms with E-state index in [1.807, 2.05) is 19.1 Å². The van der Waals surface area contributed by atoms with E-state index in [1.54, 1.807) is 10.9 Å². The van der Waals surface area contributed by atoms with Crippen molar-refractivity contribution in [3.05, 3.63) is 35.5 Å². The number of aryl methyl sites for hydroxylation is 1. The average Bonchev–Trinajstić information content (AvgIpc) is 3.15. The first kappa shape index (κ1) is 14.8. The average molecular weight is 303 g/mol. The van der Waals surface area contributed by atoms with Crippen molar-refractivity contribution in [3.8, 4) is 0 Å². The number of carbonyl (C=O) groups excluding carboxylic acids is 1. The van der Waals surface area contributed by atoms with Crippen LogP contribution < -0.4 is 10.6 Å². The molecule has 22 heavy (non-hydrogen) atoms. The Labute approximate surface area is 129 Å². The second-order valence-corrected chi connectivity index (χ2v) is 5.66. The zero-order valence-corrected chi connectivity index (χ0v) is 12.7. The highest BCUT2D eigenvalue weighted by Crippen LogP contribution is 2.22. The van der Waals surface area contributed by atoms with E-state index < -0.39 is 0 Å². The molecule has 1 amide bonds. The summed E-state index contributed by atoms with van der Waals surface area (Å²) in [5.41, 5.74) is 1.85. The number of hydrogen-bond donors (Lipinski definition) is 2. The van der Waals surface area contributed by atoms with Crippen molar-refractivity contribution in [3.63, 3.8) is 0 Å². The number of nitrogens with one attached hydrogen (secondary N) is 2. The second-order valence-electron chi connectivity index (χ2n) is 5.66. The summed E-state index contributed by atoms with van der Waals surface area (Å²) in [7, 11) is 0. The lowest BCUT2D eigenvalue weighted by atomic mass is 9.96. The van der Waals surface area contributed by atoms with E-state index in [0.717, 1.165) is 43.1 Å². The predicted octanol–water partition coefficient (Wildman–Crippen LogP) is 0.963. The van der Waals surface area contributed by atoms with Crippen LogP contribution in [0.2, 0.25) is 0 Å². The van der Waals surface area contributed by atoms with E-state index in [-0.39, 0.29) is 12.5 Å². The summed E-state index contributed by atoms with van der Waals surface area (Å²) in [5.74, 6) is 1.10. The van der Waals surface area contributed by atoms with Crippen LogP contribution in [0.5, 0.6) is 0 Å². The summed E-state index contributed by atoms with van der Waals surface area (Å²) in [6, 6.07) is 3.82. The van der Waals surface area contributed by atoms with Gasteiger partial charge in [-0.1, -0.05) is 5.16 Å². The molecule has 0 unspecified atom stereocenters. The molecule has 7 nitrogen and oxygen atoms in total. The number of amides is 1. The molecule has 2 aromatic heterocycles. The third-order valence-corrected chi connectivity index (χ3v) is 3.90. The van der Waals surface area contributed by atoms with E-state index in [2.05, 4.69) is 20.9 Å². The molecule has 3 rings (SSSR count). The molecule has 2 aromatic rings. The van der Waals surface area contributed by atoms with Crippen molar-refractivity contribution in [1.29, 1.82) is 0 Å². The monoisotopic (exact) mass is 303 g/mol. The maximum Gasteiger partial charge on any atom is 0.242 e. The van der Waals surface area contributed by atoms with Crippen LogP contribution in [-0.2, 0) is 17.9 Å². The molecular formula is C15H21N5O2. The highest BCUT2D eigenvalue weighted by Gasteiger charge is 2.19. The summed E-state index contributed by atoms with van der Waals surface area (Å²) in [5, 5.41) is 14.4. The number of carbonyl (C=O) groups is 1. The summed E-state index contributed by atoms with van der Waals surface area (Å²) >= 11 is 0. The van der Waals surface area contributed by atoms with Gasteiger partial charge in [-0.3, -0.25) is 9.48 Å². The normalized spacial score (nSPS) is 18.3. The number of nitrogens with zero attached hydrogens (tertiary/aromatic N) is 3. The van der Waals surface area contributed by atoms with Gasteiger partial charge in [0.15, 0.2) is 0 Å². The minimum atomic E-state index is -0.0747. The minimum Gasteiger partial charge on any atom is -0.361 e. The zero-order valence-electron chi connectivity index (χ0n) is 12.7. The van der Waals surface area contributed by atoms with Crippen molar-refractivity contribution in [2.24, 2.45) is 0 Å². The first-order valence-electron chi connectivity index (χ1n) is 7.63. The van der Waals surface area contributed by atoms with E-state index in [0.29, 0.717) is 12.5 Å². The third-order valence-electron chi connectivity index (χ3n) is 3.90. The number of rotatable bonds is 5. The van der Waals surface area contributed by atoms with Gasteiger partial charge in [-0.2, -0.15) is 5.10 Å². The Balaban J connectivity index is 1.56. The molecule has 1 aliphatic heterocycles. The summed E-state index contributed by atoms with van der Waals surface area (Å²) in [6.45, 7) is 4.45. The highest BCUT2D eigenvalue weighted by atomic mass is 16.5. The molecule has 0 radical (unpaired) electrons. The van der Waals surface area contributed by atoms with Gasteiger partial charge in [-0.15, -0.1) is 0 Å². The topological polar surface area (TPSA) is 85.0 Å². The van der Waals surface area contributed by atoms with Gasteiger partial charge < -0.3 is 15.2 Å². The maximum absolute atomic E-state index is 12.1. The first-order valence-corrected chi connectivity index (χ1v) is 7.63. The maximum atomic E-state index is 12.1. The SMILES string of the molecule is Cc1cc(CNC(=O)Cn2nccc2[C@@H]2CCCNC2)no1. The quantitative estimate of drug-likeness (QED) is 0.859. The molecule has 3 heterocycles. The van der Waals surface area contributed by atoms with E-state index in [9.17, 15) is 4.79 Å². The Morgan fingerprint density at radius 2 is 2.50 bits per heavy atom. The molecule has 1 atom stereocenters. The van der Waals surface area contributed by atoms with Gasteiger partial charge in [-0.05, 0) is 32.4 Å². The predicted molar refractivity (Wildman–Crippen MR) is 80.2 cm³/mol. The molecule has 1 aliphatic rings. The van der Waals surface area contributed by atoms with Crippen LogP contribution in [0.15, 0.2) is 22.9 Å². The minimum absolute atomic E-state index is 0.0747. The fourth-order valence-electron chi connectivity index (χ4n) is 2.81. The van der Waals surface area contributed by atoms with Crippen LogP contribution in [0, 0.1) is 6.92 Å². The molecule has 118 valence electrons. The fourth-order valence-corrected chi connectivity index (χ4v) is 2.81. The van der Waals surface area contributed by atoms with Crippen molar-refractivity contribution >= 4 is 5.91 Å². The van der Waals surface area contributed by atoms with Crippen molar-refractivity contribution in [2.45, 2.75) is 38.8 Å². The third kappa shape index (κ3) is 3.54. The second kappa shape index (κ2) is 6.74. The molecule has 0 aromatic carbocycles. The number of piperidine rings is 1. The number of hydrogen-bond acceptors (Lipinski definition) is 5. The van der Waals surface area contributed by atoms with Crippen LogP contribution in [-0.4, -0.2) is 33.9 Å². The molecule has 0 saturated carbocycles. The molecule has 2 N–H and O–H groups in total. The van der Waals surface area contributed by atoms with Crippen molar-refractivity contribution in [1.82, 2.24) is 25.6 Å². The van der Waals surface area contributed by atoms with Gasteiger partial charge in [0.25, 0.3) is 0 Å². The molecule has 1 saturated heterocycles. The van der Waals surface area contributed by atoms with Gasteiger partial charge in [-0.25, -0.2) is 0 Å². The van der Waals surface area contributed by atoms with E-state index >= 15 is 0 Å². The summed E-state index contributed by atoms with van der Waals surface area (Å²) < 4.78 is 6.77. The van der Waals surface area contributed by atoms with Gasteiger partial charge in [0.2, 0.25) is 5.91 Å². The van der Waals surface area contributed by atoms with Gasteiger partial charge >= 0.3 is 0 Å². The summed E-state index contributed by atoms with van der Waals surface area (Å²) in [4.78, 5) is 12.1. The summed E-state index contributed by atoms with van der Waals surface area (Å²) in [6.07, 6.45) is 4.06. The highest BCUT2D eigenvalue weighted by molar-refractivity contribution is 5.75. The molecule has 1 fully saturated rings. The first-order chi connectivity index (χ1) is 10.7. The lowest BCUT2D eigenvalue weighted by Crippen LogP contribution is -2.32. The smallest absolute Gasteiger partial charge is 0.242 e. The molecule has 0 bridgehead atoms. The zero-order chi connectivity index (χ0) is 15.4. The van der Waals surface area contributed by atoms with Gasteiger partial charge in [0.1, 0.15) is 18.0 Å². The molecular weight excluding hydrogens is 282 g/mol. The Morgan fingerprint density at radius 1 is 1.59 bits per heavy atom. The lowest BCUT2D eigenvalue weighted by molar-refractivity contribution is -0.122. The standard InChI is InChI=1S/C15H21N5O2/c1-11-7-13(19-22-11)9-17-15(21)10-20-14(4-6-18-20)12-3-2-5-16-8-12/h4,6-7,12,16H,2-3,5,8-10H2,1H3,(H,17,21)/t12-/m1/s1. The number of aromatic nitrogens is 3. The molecule has 7 heteroatoms. The largest absolute Gasteiger partial charge is 0.361 e. The molecule has 0 spiro atoms. The van der Waals surface area contributed by atoms with Gasteiger partial charge in [0.05, 0.1) is 6.54 Å². The van der Waals surface area contributed by atoms with E-state index in [1.165, 1.54) is 0 Å². The van der Waals surface area contributed by atoms with Crippen LogP contribution in [0.25, 0.3) is 0 Å². The lowest BCUT2D eigenvalue weighted by Gasteiger charge is -2.23. The van der Waals surface area contributed by atoms with E-state index in [4.69, 9.17) is 4.52 Å². The van der Waals surface area contributed by atoms with Crippen molar-refractivity contribution < 1.29 is 9.32 Å². The van der Waals surface area contributed by atoms with Crippen LogP contribution in [0.3, 0.4) is 0 Å².